The predicted octanol–water partition coefficient (Wildman–Crippen LogP) is 1.91. The van der Waals surface area contributed by atoms with Crippen molar-refractivity contribution in [2.75, 3.05) is 7.11 Å². The Kier molecular flexibility index (Phi) is 4.02. The number of carbonyl (C=O) groups is 1. The summed E-state index contributed by atoms with van der Waals surface area (Å²) in [7, 11) is 3.43. The molecule has 0 fully saturated rings. The van der Waals surface area contributed by atoms with E-state index in [9.17, 15) is 4.79 Å². The van der Waals surface area contributed by atoms with Gasteiger partial charge in [0.15, 0.2) is 11.6 Å². The first-order valence-electron chi connectivity index (χ1n) is 6.19. The third-order valence-corrected chi connectivity index (χ3v) is 3.11. The van der Waals surface area contributed by atoms with Gasteiger partial charge in [0.05, 0.1) is 12.7 Å². The number of benzene rings is 1. The van der Waals surface area contributed by atoms with E-state index in [2.05, 4.69) is 10.2 Å². The summed E-state index contributed by atoms with van der Waals surface area (Å²) in [6.07, 6.45) is 0. The van der Waals surface area contributed by atoms with E-state index in [-0.39, 0.29) is 12.4 Å². The molecule has 0 radical (unpaired) electrons. The molecule has 1 aromatic carbocycles. The zero-order chi connectivity index (χ0) is 14.7. The first-order valence-corrected chi connectivity index (χ1v) is 6.19. The van der Waals surface area contributed by atoms with Crippen molar-refractivity contribution in [3.05, 3.63) is 35.4 Å². The van der Waals surface area contributed by atoms with Crippen LogP contribution >= 0.6 is 0 Å². The maximum Gasteiger partial charge on any atom is 0.170 e. The molecule has 106 valence electrons. The Morgan fingerprint density at radius 3 is 2.65 bits per heavy atom. The number of hydrogen-bond acceptors (Lipinski definition) is 5. The molecule has 2 rings (SSSR count). The highest BCUT2D eigenvalue weighted by Crippen LogP contribution is 2.26. The highest BCUT2D eigenvalue weighted by Gasteiger charge is 2.12. The van der Waals surface area contributed by atoms with E-state index in [1.165, 1.54) is 6.92 Å². The first kappa shape index (κ1) is 14.0. The molecule has 1 aromatic heterocycles. The minimum Gasteiger partial charge on any atom is -0.497 e. The van der Waals surface area contributed by atoms with E-state index < -0.39 is 0 Å². The lowest BCUT2D eigenvalue weighted by molar-refractivity contribution is 0.101. The molecule has 0 bridgehead atoms. The van der Waals surface area contributed by atoms with Crippen LogP contribution in [0.4, 0.5) is 0 Å². The van der Waals surface area contributed by atoms with Gasteiger partial charge in [-0.15, -0.1) is 10.2 Å². The monoisotopic (exact) mass is 275 g/mol. The van der Waals surface area contributed by atoms with Gasteiger partial charge in [0.2, 0.25) is 0 Å². The van der Waals surface area contributed by atoms with Crippen LogP contribution < -0.4 is 9.47 Å². The largest absolute Gasteiger partial charge is 0.497 e. The van der Waals surface area contributed by atoms with Crippen molar-refractivity contribution in [3.8, 4) is 11.5 Å². The molecule has 0 aliphatic heterocycles. The molecule has 0 spiro atoms. The van der Waals surface area contributed by atoms with Crippen molar-refractivity contribution in [3.63, 3.8) is 0 Å². The Morgan fingerprint density at radius 1 is 1.35 bits per heavy atom. The van der Waals surface area contributed by atoms with E-state index in [0.29, 0.717) is 22.9 Å². The van der Waals surface area contributed by atoms with Crippen LogP contribution in [0.25, 0.3) is 0 Å². The van der Waals surface area contributed by atoms with Gasteiger partial charge < -0.3 is 14.0 Å². The van der Waals surface area contributed by atoms with Gasteiger partial charge >= 0.3 is 0 Å². The van der Waals surface area contributed by atoms with E-state index in [1.54, 1.807) is 25.3 Å². The third kappa shape index (κ3) is 2.79. The fourth-order valence-electron chi connectivity index (χ4n) is 1.76. The maximum absolute atomic E-state index is 11.6. The molecule has 6 heteroatoms. The van der Waals surface area contributed by atoms with Gasteiger partial charge in [-0.25, -0.2) is 0 Å². The lowest BCUT2D eigenvalue weighted by atomic mass is 10.1. The fraction of sp³-hybridized carbons (Fsp3) is 0.357. The molecule has 0 saturated heterocycles. The topological polar surface area (TPSA) is 66.2 Å². The second-order valence-corrected chi connectivity index (χ2v) is 4.43. The summed E-state index contributed by atoms with van der Waals surface area (Å²) in [6, 6.07) is 5.12. The number of ketones is 1. The summed E-state index contributed by atoms with van der Waals surface area (Å²) in [6.45, 7) is 3.61. The minimum atomic E-state index is -0.0585. The number of rotatable bonds is 5. The van der Waals surface area contributed by atoms with Crippen molar-refractivity contribution in [1.29, 1.82) is 0 Å². The molecule has 6 nitrogen and oxygen atoms in total. The van der Waals surface area contributed by atoms with Crippen molar-refractivity contribution in [2.45, 2.75) is 20.5 Å². The van der Waals surface area contributed by atoms with Crippen LogP contribution in [0.3, 0.4) is 0 Å². The van der Waals surface area contributed by atoms with Gasteiger partial charge in [0, 0.05) is 13.1 Å². The van der Waals surface area contributed by atoms with E-state index >= 15 is 0 Å². The zero-order valence-electron chi connectivity index (χ0n) is 12.0. The number of nitrogens with zero attached hydrogens (tertiary/aromatic N) is 3. The molecule has 1 heterocycles. The van der Waals surface area contributed by atoms with Crippen molar-refractivity contribution in [2.24, 2.45) is 7.05 Å². The van der Waals surface area contributed by atoms with Gasteiger partial charge in [-0.2, -0.15) is 0 Å². The highest BCUT2D eigenvalue weighted by atomic mass is 16.5. The van der Waals surface area contributed by atoms with Crippen molar-refractivity contribution >= 4 is 5.78 Å². The maximum atomic E-state index is 11.6. The molecule has 2 aromatic rings. The lowest BCUT2D eigenvalue weighted by Gasteiger charge is -2.11. The van der Waals surface area contributed by atoms with Crippen LogP contribution in [0.1, 0.15) is 28.9 Å². The average molecular weight is 275 g/mol. The summed E-state index contributed by atoms with van der Waals surface area (Å²) in [5.74, 6) is 2.56. The van der Waals surface area contributed by atoms with Crippen molar-refractivity contribution in [1.82, 2.24) is 14.8 Å². The van der Waals surface area contributed by atoms with Crippen molar-refractivity contribution < 1.29 is 14.3 Å². The standard InChI is InChI=1S/C14H17N3O3/c1-9(18)12-6-5-11(19-4)7-13(12)20-8-14-16-15-10(2)17(14)3/h5-7H,8H2,1-4H3. The quantitative estimate of drug-likeness (QED) is 0.780. The summed E-state index contributed by atoms with van der Waals surface area (Å²) < 4.78 is 12.7. The molecular weight excluding hydrogens is 258 g/mol. The molecule has 0 amide bonds. The Bertz CT molecular complexity index is 635. The SMILES string of the molecule is COc1ccc(C(C)=O)c(OCc2nnc(C)n2C)c1. The van der Waals surface area contributed by atoms with Gasteiger partial charge in [0.1, 0.15) is 23.9 Å². The van der Waals surface area contributed by atoms with Crippen LogP contribution in [0.2, 0.25) is 0 Å². The number of ether oxygens (including phenoxy) is 2. The van der Waals surface area contributed by atoms with Crippen LogP contribution in [0, 0.1) is 6.92 Å². The number of methoxy groups -OCH3 is 1. The van der Waals surface area contributed by atoms with Gasteiger partial charge in [0.25, 0.3) is 0 Å². The molecule has 0 N–H and O–H groups in total. The Balaban J connectivity index is 2.23. The lowest BCUT2D eigenvalue weighted by Crippen LogP contribution is -2.07. The van der Waals surface area contributed by atoms with Gasteiger partial charge in [-0.1, -0.05) is 0 Å². The Hall–Kier alpha value is -2.37. The van der Waals surface area contributed by atoms with E-state index in [0.717, 1.165) is 5.82 Å². The summed E-state index contributed by atoms with van der Waals surface area (Å²) in [5, 5.41) is 7.98. The smallest absolute Gasteiger partial charge is 0.170 e. The zero-order valence-corrected chi connectivity index (χ0v) is 12.0. The number of hydrogen-bond donors (Lipinski definition) is 0. The Labute approximate surface area is 117 Å². The summed E-state index contributed by atoms with van der Waals surface area (Å²) in [5.41, 5.74) is 0.518. The van der Waals surface area contributed by atoms with Crippen LogP contribution in [-0.2, 0) is 13.7 Å². The van der Waals surface area contributed by atoms with Crippen LogP contribution in [-0.4, -0.2) is 27.7 Å². The molecule has 20 heavy (non-hydrogen) atoms. The number of carbonyl (C=O) groups excluding carboxylic acids is 1. The van der Waals surface area contributed by atoms with Crippen LogP contribution in [0.5, 0.6) is 11.5 Å². The molecule has 0 aliphatic carbocycles. The minimum absolute atomic E-state index is 0.0585. The normalized spacial score (nSPS) is 10.4. The van der Waals surface area contributed by atoms with E-state index in [1.807, 2.05) is 18.5 Å². The number of aryl methyl sites for hydroxylation is 1. The molecular formula is C14H17N3O3. The second-order valence-electron chi connectivity index (χ2n) is 4.43. The highest BCUT2D eigenvalue weighted by molar-refractivity contribution is 5.97. The first-order chi connectivity index (χ1) is 9.52. The molecule has 0 saturated carbocycles. The molecule has 0 unspecified atom stereocenters. The molecule has 0 aliphatic rings. The van der Waals surface area contributed by atoms with Gasteiger partial charge in [-0.05, 0) is 26.0 Å². The van der Waals surface area contributed by atoms with Gasteiger partial charge in [-0.3, -0.25) is 4.79 Å². The average Bonchev–Trinajstić information content (AvgIpc) is 2.76. The predicted molar refractivity (Wildman–Crippen MR) is 73.1 cm³/mol. The third-order valence-electron chi connectivity index (χ3n) is 3.11. The number of Topliss-reactive ketones (excluding diaryl/α,β-unsaturated/α-hetero) is 1. The second kappa shape index (κ2) is 5.73. The number of aromatic nitrogens is 3. The fourth-order valence-corrected chi connectivity index (χ4v) is 1.76. The van der Waals surface area contributed by atoms with Crippen LogP contribution in [0.15, 0.2) is 18.2 Å². The Morgan fingerprint density at radius 2 is 2.10 bits per heavy atom. The van der Waals surface area contributed by atoms with E-state index in [4.69, 9.17) is 9.47 Å². The summed E-state index contributed by atoms with van der Waals surface area (Å²) >= 11 is 0. The molecule has 0 atom stereocenters. The summed E-state index contributed by atoms with van der Waals surface area (Å²) in [4.78, 5) is 11.6.